The molecular weight excluding hydrogens is 169 g/mol. The first-order valence-electron chi connectivity index (χ1n) is 4.30. The summed E-state index contributed by atoms with van der Waals surface area (Å²) in [6.07, 6.45) is 0.807. The van der Waals surface area contributed by atoms with Gasteiger partial charge in [-0.25, -0.2) is 4.39 Å². The summed E-state index contributed by atoms with van der Waals surface area (Å²) in [6, 6.07) is 5.07. The molecule has 0 amide bonds. The number of benzene rings is 1. The van der Waals surface area contributed by atoms with Crippen LogP contribution in [0.1, 0.15) is 11.1 Å². The summed E-state index contributed by atoms with van der Waals surface area (Å²) in [5.74, 6) is -0.168. The van der Waals surface area contributed by atoms with Gasteiger partial charge in [0, 0.05) is 6.54 Å². The Hall–Kier alpha value is -0.930. The lowest BCUT2D eigenvalue weighted by molar-refractivity contribution is 0.262. The molecule has 0 bridgehead atoms. The molecular formula is C10H14FNO. The Kier molecular flexibility index (Phi) is 3.86. The maximum atomic E-state index is 12.8. The van der Waals surface area contributed by atoms with Crippen molar-refractivity contribution in [2.45, 2.75) is 13.3 Å². The van der Waals surface area contributed by atoms with E-state index in [4.69, 9.17) is 5.11 Å². The predicted octanol–water partition coefficient (Wildman–Crippen LogP) is 1.22. The topological polar surface area (TPSA) is 32.3 Å². The van der Waals surface area contributed by atoms with Gasteiger partial charge >= 0.3 is 0 Å². The van der Waals surface area contributed by atoms with Gasteiger partial charge in [0.05, 0.1) is 6.73 Å². The molecule has 0 aliphatic rings. The van der Waals surface area contributed by atoms with Crippen LogP contribution in [0.2, 0.25) is 0 Å². The number of aliphatic hydroxyl groups is 1. The minimum absolute atomic E-state index is 0.0137. The van der Waals surface area contributed by atoms with Gasteiger partial charge in [0.1, 0.15) is 5.82 Å². The van der Waals surface area contributed by atoms with Gasteiger partial charge in [0.15, 0.2) is 0 Å². The monoisotopic (exact) mass is 183 g/mol. The Labute approximate surface area is 77.4 Å². The van der Waals surface area contributed by atoms with Crippen LogP contribution in [0, 0.1) is 12.7 Å². The lowest BCUT2D eigenvalue weighted by atomic mass is 10.1. The maximum Gasteiger partial charge on any atom is 0.126 e. The summed E-state index contributed by atoms with van der Waals surface area (Å²) in [6.45, 7) is 2.44. The van der Waals surface area contributed by atoms with Gasteiger partial charge in [0.2, 0.25) is 0 Å². The first-order valence-corrected chi connectivity index (χ1v) is 4.30. The predicted molar refractivity (Wildman–Crippen MR) is 49.9 cm³/mol. The van der Waals surface area contributed by atoms with Gasteiger partial charge in [-0.15, -0.1) is 0 Å². The zero-order chi connectivity index (χ0) is 9.68. The van der Waals surface area contributed by atoms with E-state index in [1.165, 1.54) is 6.07 Å². The normalized spacial score (nSPS) is 10.4. The van der Waals surface area contributed by atoms with Crippen molar-refractivity contribution in [3.8, 4) is 0 Å². The minimum atomic E-state index is -0.168. The highest BCUT2D eigenvalue weighted by Crippen LogP contribution is 2.09. The van der Waals surface area contributed by atoms with Crippen LogP contribution in [0.25, 0.3) is 0 Å². The molecule has 2 N–H and O–H groups in total. The fraction of sp³-hybridized carbons (Fsp3) is 0.400. The number of nitrogens with one attached hydrogen (secondary N) is 1. The number of aliphatic hydroxyl groups excluding tert-OH is 1. The van der Waals surface area contributed by atoms with Gasteiger partial charge in [-0.2, -0.15) is 0 Å². The molecule has 0 saturated carbocycles. The molecule has 0 radical (unpaired) electrons. The van der Waals surface area contributed by atoms with Crippen LogP contribution in [0.15, 0.2) is 18.2 Å². The Balaban J connectivity index is 2.53. The average molecular weight is 183 g/mol. The highest BCUT2D eigenvalue weighted by molar-refractivity contribution is 5.24. The third kappa shape index (κ3) is 3.13. The lowest BCUT2D eigenvalue weighted by Crippen LogP contribution is -2.17. The first kappa shape index (κ1) is 10.2. The fourth-order valence-corrected chi connectivity index (χ4v) is 1.17. The van der Waals surface area contributed by atoms with Gasteiger partial charge in [-0.1, -0.05) is 12.1 Å². The molecule has 0 aromatic heterocycles. The highest BCUT2D eigenvalue weighted by Gasteiger charge is 1.98. The third-order valence-electron chi connectivity index (χ3n) is 1.92. The summed E-state index contributed by atoms with van der Waals surface area (Å²) in [7, 11) is 0. The molecule has 0 aliphatic carbocycles. The van der Waals surface area contributed by atoms with E-state index in [-0.39, 0.29) is 12.5 Å². The fourth-order valence-electron chi connectivity index (χ4n) is 1.17. The zero-order valence-corrected chi connectivity index (χ0v) is 7.68. The van der Waals surface area contributed by atoms with Crippen molar-refractivity contribution in [2.24, 2.45) is 0 Å². The molecule has 72 valence electrons. The lowest BCUT2D eigenvalue weighted by Gasteiger charge is -2.03. The molecule has 1 aromatic rings. The molecule has 0 spiro atoms. The standard InChI is InChI=1S/C10H14FNO/c1-8-6-9(2-3-10(8)11)4-5-12-7-13/h2-3,6,12-13H,4-5,7H2,1H3. The van der Waals surface area contributed by atoms with Crippen molar-refractivity contribution in [1.29, 1.82) is 0 Å². The van der Waals surface area contributed by atoms with Gasteiger partial charge in [-0.05, 0) is 30.5 Å². The Morgan fingerprint density at radius 2 is 2.23 bits per heavy atom. The Morgan fingerprint density at radius 3 is 2.85 bits per heavy atom. The smallest absolute Gasteiger partial charge is 0.126 e. The zero-order valence-electron chi connectivity index (χ0n) is 7.68. The highest BCUT2D eigenvalue weighted by atomic mass is 19.1. The van der Waals surface area contributed by atoms with Crippen LogP contribution in [0.5, 0.6) is 0 Å². The summed E-state index contributed by atoms with van der Waals surface area (Å²) in [5.41, 5.74) is 1.75. The molecule has 3 heteroatoms. The van der Waals surface area contributed by atoms with Crippen LogP contribution in [0.4, 0.5) is 4.39 Å². The van der Waals surface area contributed by atoms with Crippen molar-refractivity contribution in [1.82, 2.24) is 5.32 Å². The molecule has 0 saturated heterocycles. The number of hydrogen-bond donors (Lipinski definition) is 2. The van der Waals surface area contributed by atoms with Crippen molar-refractivity contribution < 1.29 is 9.50 Å². The quantitative estimate of drug-likeness (QED) is 0.543. The largest absolute Gasteiger partial charge is 0.381 e. The maximum absolute atomic E-state index is 12.8. The summed E-state index contributed by atoms with van der Waals surface area (Å²) >= 11 is 0. The van der Waals surface area contributed by atoms with E-state index < -0.39 is 0 Å². The minimum Gasteiger partial charge on any atom is -0.381 e. The second kappa shape index (κ2) is 4.94. The molecule has 1 rings (SSSR count). The van der Waals surface area contributed by atoms with E-state index in [2.05, 4.69) is 5.32 Å². The van der Waals surface area contributed by atoms with Crippen LogP contribution in [-0.2, 0) is 6.42 Å². The van der Waals surface area contributed by atoms with E-state index in [0.29, 0.717) is 12.1 Å². The molecule has 0 fully saturated rings. The molecule has 2 nitrogen and oxygen atoms in total. The summed E-state index contributed by atoms with van der Waals surface area (Å²) in [4.78, 5) is 0. The summed E-state index contributed by atoms with van der Waals surface area (Å²) < 4.78 is 12.8. The molecule has 0 unspecified atom stereocenters. The van der Waals surface area contributed by atoms with Crippen molar-refractivity contribution in [3.05, 3.63) is 35.1 Å². The van der Waals surface area contributed by atoms with Gasteiger partial charge in [-0.3, -0.25) is 5.32 Å². The van der Waals surface area contributed by atoms with E-state index in [0.717, 1.165) is 12.0 Å². The van der Waals surface area contributed by atoms with Crippen molar-refractivity contribution in [2.75, 3.05) is 13.3 Å². The molecule has 0 heterocycles. The molecule has 13 heavy (non-hydrogen) atoms. The SMILES string of the molecule is Cc1cc(CCNCO)ccc1F. The number of halogens is 1. The van der Waals surface area contributed by atoms with E-state index in [1.54, 1.807) is 13.0 Å². The number of aryl methyl sites for hydroxylation is 1. The molecule has 0 aliphatic heterocycles. The van der Waals surface area contributed by atoms with Crippen LogP contribution in [-0.4, -0.2) is 18.4 Å². The van der Waals surface area contributed by atoms with Gasteiger partial charge in [0.25, 0.3) is 0 Å². The van der Waals surface area contributed by atoms with Crippen LogP contribution < -0.4 is 5.32 Å². The Morgan fingerprint density at radius 1 is 1.46 bits per heavy atom. The third-order valence-corrected chi connectivity index (χ3v) is 1.92. The van der Waals surface area contributed by atoms with Gasteiger partial charge < -0.3 is 5.11 Å². The van der Waals surface area contributed by atoms with Crippen molar-refractivity contribution in [3.63, 3.8) is 0 Å². The second-order valence-corrected chi connectivity index (χ2v) is 2.99. The molecule has 0 atom stereocenters. The molecule has 1 aromatic carbocycles. The first-order chi connectivity index (χ1) is 6.24. The number of rotatable bonds is 4. The van der Waals surface area contributed by atoms with E-state index >= 15 is 0 Å². The van der Waals surface area contributed by atoms with Crippen molar-refractivity contribution >= 4 is 0 Å². The van der Waals surface area contributed by atoms with E-state index in [9.17, 15) is 4.39 Å². The Bertz CT molecular complexity index is 276. The number of hydrogen-bond acceptors (Lipinski definition) is 2. The van der Waals surface area contributed by atoms with E-state index in [1.807, 2.05) is 6.07 Å². The second-order valence-electron chi connectivity index (χ2n) is 2.99. The van der Waals surface area contributed by atoms with Crippen LogP contribution in [0.3, 0.4) is 0 Å². The summed E-state index contributed by atoms with van der Waals surface area (Å²) in [5, 5.41) is 11.3. The van der Waals surface area contributed by atoms with Crippen LogP contribution >= 0.6 is 0 Å². The average Bonchev–Trinajstić information content (AvgIpc) is 2.12.